The fraction of sp³-hybridized carbons (Fsp3) is 1.00. The Labute approximate surface area is 83.6 Å². The van der Waals surface area contributed by atoms with E-state index in [1.54, 1.807) is 13.9 Å². The van der Waals surface area contributed by atoms with Crippen LogP contribution >= 0.6 is 0 Å². The average molecular weight is 198 g/mol. The molecule has 1 aliphatic heterocycles. The molecular formula is C7H15BN4O2. The van der Waals surface area contributed by atoms with Gasteiger partial charge < -0.3 is 14.6 Å². The summed E-state index contributed by atoms with van der Waals surface area (Å²) in [6.07, 6.45) is 0.753. The van der Waals surface area contributed by atoms with E-state index >= 15 is 0 Å². The standard InChI is InChI=1S/C7H15BN4O2/c1-8(13)12-4-6(10-11-9)3-7(12)5-14-2/h6-7,13H,3-5H2,1-2H3/t6-,7-/m1/s1. The molecule has 1 aliphatic rings. The largest absolute Gasteiger partial charge is 0.437 e. The number of ether oxygens (including phenoxy) is 1. The molecule has 2 atom stereocenters. The minimum atomic E-state index is -0.519. The molecule has 7 heteroatoms. The quantitative estimate of drug-likeness (QED) is 0.309. The van der Waals surface area contributed by atoms with E-state index in [0.29, 0.717) is 13.2 Å². The molecule has 0 unspecified atom stereocenters. The maximum absolute atomic E-state index is 9.47. The SMILES string of the molecule is COC[C@H]1C[C@@H](N=[N+]=[N-])CN1B(C)O. The molecule has 78 valence electrons. The van der Waals surface area contributed by atoms with Crippen LogP contribution in [0.4, 0.5) is 0 Å². The van der Waals surface area contributed by atoms with Crippen LogP contribution in [0.1, 0.15) is 6.42 Å². The second-order valence-electron chi connectivity index (χ2n) is 3.53. The molecule has 0 radical (unpaired) electrons. The Kier molecular flexibility index (Phi) is 4.22. The number of methoxy groups -OCH3 is 1. The zero-order chi connectivity index (χ0) is 10.6. The lowest BCUT2D eigenvalue weighted by atomic mass is 9.84. The number of nitrogens with zero attached hydrogens (tertiary/aromatic N) is 4. The summed E-state index contributed by atoms with van der Waals surface area (Å²) in [4.78, 5) is 4.67. The molecule has 0 aromatic rings. The van der Waals surface area contributed by atoms with E-state index in [1.807, 2.05) is 4.81 Å². The van der Waals surface area contributed by atoms with E-state index in [-0.39, 0.29) is 12.1 Å². The van der Waals surface area contributed by atoms with Crippen LogP contribution in [0.15, 0.2) is 5.11 Å². The van der Waals surface area contributed by atoms with Gasteiger partial charge in [-0.05, 0) is 25.3 Å². The van der Waals surface area contributed by atoms with E-state index < -0.39 is 7.05 Å². The van der Waals surface area contributed by atoms with Gasteiger partial charge in [0.1, 0.15) is 0 Å². The van der Waals surface area contributed by atoms with Gasteiger partial charge in [-0.25, -0.2) is 0 Å². The third-order valence-corrected chi connectivity index (χ3v) is 2.49. The predicted molar refractivity (Wildman–Crippen MR) is 53.8 cm³/mol. The molecule has 6 nitrogen and oxygen atoms in total. The molecule has 0 aromatic heterocycles. The summed E-state index contributed by atoms with van der Waals surface area (Å²) in [5.74, 6) is 0. The minimum Gasteiger partial charge on any atom is -0.437 e. The normalized spacial score (nSPS) is 27.4. The first-order valence-corrected chi connectivity index (χ1v) is 4.66. The highest BCUT2D eigenvalue weighted by molar-refractivity contribution is 6.45. The zero-order valence-corrected chi connectivity index (χ0v) is 8.50. The molecule has 1 fully saturated rings. The molecule has 0 amide bonds. The summed E-state index contributed by atoms with van der Waals surface area (Å²) in [5, 5.41) is 13.1. The van der Waals surface area contributed by atoms with Crippen molar-refractivity contribution in [3.8, 4) is 0 Å². The minimum absolute atomic E-state index is 0.0465. The monoisotopic (exact) mass is 198 g/mol. The second-order valence-corrected chi connectivity index (χ2v) is 3.53. The van der Waals surface area contributed by atoms with Crippen molar-refractivity contribution in [3.63, 3.8) is 0 Å². The van der Waals surface area contributed by atoms with Crippen molar-refractivity contribution in [3.05, 3.63) is 10.4 Å². The summed E-state index contributed by atoms with van der Waals surface area (Å²) in [6, 6.07) is 0.102. The molecule has 1 N–H and O–H groups in total. The van der Waals surface area contributed by atoms with Crippen LogP contribution in [0, 0.1) is 0 Å². The molecule has 0 aliphatic carbocycles. The Morgan fingerprint density at radius 2 is 2.50 bits per heavy atom. The summed E-state index contributed by atoms with van der Waals surface area (Å²) in [7, 11) is 1.11. The van der Waals surface area contributed by atoms with Crippen molar-refractivity contribution in [2.75, 3.05) is 20.3 Å². The van der Waals surface area contributed by atoms with Crippen LogP contribution in [0.25, 0.3) is 10.4 Å². The van der Waals surface area contributed by atoms with E-state index in [9.17, 15) is 5.02 Å². The van der Waals surface area contributed by atoms with Gasteiger partial charge in [0, 0.05) is 18.1 Å². The van der Waals surface area contributed by atoms with E-state index in [2.05, 4.69) is 10.0 Å². The van der Waals surface area contributed by atoms with Crippen molar-refractivity contribution in [2.24, 2.45) is 5.11 Å². The molecule has 0 saturated carbocycles. The zero-order valence-electron chi connectivity index (χ0n) is 8.50. The highest BCUT2D eigenvalue weighted by Gasteiger charge is 2.35. The van der Waals surface area contributed by atoms with Gasteiger partial charge in [0.15, 0.2) is 0 Å². The lowest BCUT2D eigenvalue weighted by Crippen LogP contribution is -2.43. The summed E-state index contributed by atoms with van der Waals surface area (Å²) in [6.45, 7) is 2.87. The van der Waals surface area contributed by atoms with Crippen LogP contribution in [0.5, 0.6) is 0 Å². The van der Waals surface area contributed by atoms with Crippen LogP contribution < -0.4 is 0 Å². The number of azide groups is 1. The van der Waals surface area contributed by atoms with Crippen molar-refractivity contribution in [2.45, 2.75) is 25.3 Å². The van der Waals surface area contributed by atoms with Gasteiger partial charge in [0.2, 0.25) is 0 Å². The fourth-order valence-corrected chi connectivity index (χ4v) is 1.89. The van der Waals surface area contributed by atoms with Crippen molar-refractivity contribution in [1.82, 2.24) is 4.81 Å². The third-order valence-electron chi connectivity index (χ3n) is 2.49. The molecular weight excluding hydrogens is 183 g/mol. The first kappa shape index (κ1) is 11.3. The van der Waals surface area contributed by atoms with E-state index in [1.165, 1.54) is 0 Å². The van der Waals surface area contributed by atoms with Crippen molar-refractivity contribution in [1.29, 1.82) is 0 Å². The van der Waals surface area contributed by atoms with Crippen LogP contribution in [-0.4, -0.2) is 49.2 Å². The van der Waals surface area contributed by atoms with Crippen LogP contribution in [-0.2, 0) is 4.74 Å². The Hall–Kier alpha value is -0.745. The number of hydrogen-bond acceptors (Lipinski definition) is 4. The average Bonchev–Trinajstić information content (AvgIpc) is 2.49. The number of rotatable bonds is 4. The lowest BCUT2D eigenvalue weighted by Gasteiger charge is -2.24. The fourth-order valence-electron chi connectivity index (χ4n) is 1.89. The van der Waals surface area contributed by atoms with E-state index in [4.69, 9.17) is 10.3 Å². The predicted octanol–water partition coefficient (Wildman–Crippen LogP) is 0.496. The summed E-state index contributed by atoms with van der Waals surface area (Å²) >= 11 is 0. The summed E-state index contributed by atoms with van der Waals surface area (Å²) in [5.41, 5.74) is 8.31. The van der Waals surface area contributed by atoms with Gasteiger partial charge in [-0.2, -0.15) is 0 Å². The van der Waals surface area contributed by atoms with Gasteiger partial charge in [-0.3, -0.25) is 0 Å². The van der Waals surface area contributed by atoms with Crippen molar-refractivity contribution >= 4 is 7.05 Å². The van der Waals surface area contributed by atoms with Gasteiger partial charge in [-0.1, -0.05) is 5.11 Å². The second kappa shape index (κ2) is 5.21. The van der Waals surface area contributed by atoms with Gasteiger partial charge in [0.05, 0.1) is 12.6 Å². The third kappa shape index (κ3) is 2.62. The van der Waals surface area contributed by atoms with Crippen LogP contribution in [0.3, 0.4) is 0 Å². The molecule has 14 heavy (non-hydrogen) atoms. The van der Waals surface area contributed by atoms with Crippen LogP contribution in [0.2, 0.25) is 6.82 Å². The maximum Gasteiger partial charge on any atom is 0.376 e. The van der Waals surface area contributed by atoms with Gasteiger partial charge in [0.25, 0.3) is 0 Å². The first-order valence-electron chi connectivity index (χ1n) is 4.66. The smallest absolute Gasteiger partial charge is 0.376 e. The van der Waals surface area contributed by atoms with E-state index in [0.717, 1.165) is 6.42 Å². The maximum atomic E-state index is 9.47. The lowest BCUT2D eigenvalue weighted by molar-refractivity contribution is 0.142. The number of hydrogen-bond donors (Lipinski definition) is 1. The Balaban J connectivity index is 2.59. The molecule has 0 spiro atoms. The topological polar surface area (TPSA) is 81.5 Å². The highest BCUT2D eigenvalue weighted by atomic mass is 16.5. The molecule has 0 aromatic carbocycles. The van der Waals surface area contributed by atoms with Gasteiger partial charge >= 0.3 is 7.05 Å². The van der Waals surface area contributed by atoms with Crippen molar-refractivity contribution < 1.29 is 9.76 Å². The summed E-state index contributed by atoms with van der Waals surface area (Å²) < 4.78 is 5.05. The van der Waals surface area contributed by atoms with Gasteiger partial charge in [-0.15, -0.1) is 0 Å². The Morgan fingerprint density at radius 1 is 1.79 bits per heavy atom. The first-order chi connectivity index (χ1) is 6.69. The molecule has 1 heterocycles. The molecule has 1 saturated heterocycles. The Bertz CT molecular complexity index is 232. The molecule has 0 bridgehead atoms. The Morgan fingerprint density at radius 3 is 3.00 bits per heavy atom. The highest BCUT2D eigenvalue weighted by Crippen LogP contribution is 2.21. The molecule has 1 rings (SSSR count).